The van der Waals surface area contributed by atoms with Gasteiger partial charge < -0.3 is 15.0 Å². The highest BCUT2D eigenvalue weighted by Gasteiger charge is 2.19. The zero-order valence-corrected chi connectivity index (χ0v) is 11.1. The van der Waals surface area contributed by atoms with E-state index in [2.05, 4.69) is 10.2 Å². The van der Waals surface area contributed by atoms with Crippen molar-refractivity contribution in [1.82, 2.24) is 15.1 Å². The Labute approximate surface area is 104 Å². The van der Waals surface area contributed by atoms with Crippen LogP contribution in [0.25, 0.3) is 0 Å². The molecule has 0 aromatic carbocycles. The average molecular weight is 243 g/mol. The Hall–Kier alpha value is -0.650. The lowest BCUT2D eigenvalue weighted by molar-refractivity contribution is -0.133. The fourth-order valence-electron chi connectivity index (χ4n) is 2.02. The summed E-state index contributed by atoms with van der Waals surface area (Å²) in [7, 11) is 3.64. The molecule has 5 heteroatoms. The molecule has 1 N–H and O–H groups in total. The molecule has 0 atom stereocenters. The maximum Gasteiger partial charge on any atom is 0.222 e. The van der Waals surface area contributed by atoms with E-state index >= 15 is 0 Å². The number of ether oxygens (including phenoxy) is 1. The summed E-state index contributed by atoms with van der Waals surface area (Å²) in [6, 6.07) is 0. The summed E-state index contributed by atoms with van der Waals surface area (Å²) in [6.45, 7) is 6.33. The molecule has 0 aliphatic carbocycles. The van der Waals surface area contributed by atoms with E-state index in [0.29, 0.717) is 12.3 Å². The van der Waals surface area contributed by atoms with Crippen LogP contribution in [-0.2, 0) is 9.53 Å². The van der Waals surface area contributed by atoms with Crippen molar-refractivity contribution in [1.29, 1.82) is 0 Å². The molecule has 1 fully saturated rings. The van der Waals surface area contributed by atoms with Gasteiger partial charge in [-0.05, 0) is 20.0 Å². The number of hydrogen-bond donors (Lipinski definition) is 1. The normalized spacial score (nSPS) is 17.4. The summed E-state index contributed by atoms with van der Waals surface area (Å²) in [4.78, 5) is 16.2. The summed E-state index contributed by atoms with van der Waals surface area (Å²) in [6.07, 6.45) is 1.60. The molecule has 0 aromatic rings. The van der Waals surface area contributed by atoms with E-state index in [0.717, 1.165) is 52.3 Å². The lowest BCUT2D eigenvalue weighted by Crippen LogP contribution is -2.49. The van der Waals surface area contributed by atoms with Crippen LogP contribution in [0.3, 0.4) is 0 Å². The van der Waals surface area contributed by atoms with Gasteiger partial charge >= 0.3 is 0 Å². The van der Waals surface area contributed by atoms with Crippen molar-refractivity contribution in [2.45, 2.75) is 12.8 Å². The second-order valence-electron chi connectivity index (χ2n) is 4.42. The number of carbonyl (C=O) groups is 1. The first-order valence-corrected chi connectivity index (χ1v) is 6.41. The van der Waals surface area contributed by atoms with Crippen LogP contribution in [0.4, 0.5) is 0 Å². The molecule has 1 amide bonds. The second kappa shape index (κ2) is 8.44. The monoisotopic (exact) mass is 243 g/mol. The molecule has 1 aliphatic heterocycles. The molecule has 1 saturated heterocycles. The van der Waals surface area contributed by atoms with E-state index in [-0.39, 0.29) is 0 Å². The van der Waals surface area contributed by atoms with Gasteiger partial charge in [0.2, 0.25) is 5.91 Å². The van der Waals surface area contributed by atoms with Crippen molar-refractivity contribution >= 4 is 5.91 Å². The highest BCUT2D eigenvalue weighted by Crippen LogP contribution is 2.04. The molecule has 0 spiro atoms. The summed E-state index contributed by atoms with van der Waals surface area (Å²) >= 11 is 0. The molecular formula is C12H25N3O2. The summed E-state index contributed by atoms with van der Waals surface area (Å²) in [5.74, 6) is 0.298. The van der Waals surface area contributed by atoms with Crippen molar-refractivity contribution in [3.05, 3.63) is 0 Å². The predicted octanol–water partition coefficient (Wildman–Crippen LogP) is -0.223. The summed E-state index contributed by atoms with van der Waals surface area (Å²) in [5, 5.41) is 3.06. The van der Waals surface area contributed by atoms with E-state index in [9.17, 15) is 4.79 Å². The highest BCUT2D eigenvalue weighted by atomic mass is 16.5. The molecule has 1 aliphatic rings. The van der Waals surface area contributed by atoms with E-state index in [1.165, 1.54) is 0 Å². The Bertz CT molecular complexity index is 216. The number of carbonyl (C=O) groups excluding carboxylic acids is 1. The number of amides is 1. The molecule has 1 heterocycles. The minimum absolute atomic E-state index is 0.298. The Kier molecular flexibility index (Phi) is 7.16. The molecule has 5 nitrogen and oxygen atoms in total. The Morgan fingerprint density at radius 1 is 1.29 bits per heavy atom. The summed E-state index contributed by atoms with van der Waals surface area (Å²) in [5.41, 5.74) is 0. The third-order valence-corrected chi connectivity index (χ3v) is 3.15. The molecule has 0 unspecified atom stereocenters. The maximum absolute atomic E-state index is 11.8. The minimum Gasteiger partial charge on any atom is -0.383 e. The number of nitrogens with one attached hydrogen (secondary N) is 1. The van der Waals surface area contributed by atoms with Gasteiger partial charge in [0, 0.05) is 46.3 Å². The molecular weight excluding hydrogens is 218 g/mol. The first kappa shape index (κ1) is 14.4. The SMILES string of the molecule is CNCCCC(=O)N1CCN(CCOC)CC1. The molecule has 100 valence electrons. The standard InChI is InChI=1S/C12H25N3O2/c1-13-5-3-4-12(16)15-8-6-14(7-9-15)10-11-17-2/h13H,3-11H2,1-2H3. The lowest BCUT2D eigenvalue weighted by Gasteiger charge is -2.34. The van der Waals surface area contributed by atoms with Crippen LogP contribution in [0, 0.1) is 0 Å². The Morgan fingerprint density at radius 3 is 2.59 bits per heavy atom. The van der Waals surface area contributed by atoms with E-state index in [4.69, 9.17) is 4.74 Å². The predicted molar refractivity (Wildman–Crippen MR) is 68.1 cm³/mol. The zero-order valence-electron chi connectivity index (χ0n) is 11.1. The molecule has 17 heavy (non-hydrogen) atoms. The van der Waals surface area contributed by atoms with Gasteiger partial charge in [-0.15, -0.1) is 0 Å². The average Bonchev–Trinajstić information content (AvgIpc) is 2.37. The molecule has 0 saturated carbocycles. The van der Waals surface area contributed by atoms with Crippen LogP contribution in [0.15, 0.2) is 0 Å². The van der Waals surface area contributed by atoms with Crippen LogP contribution in [0.1, 0.15) is 12.8 Å². The smallest absolute Gasteiger partial charge is 0.222 e. The largest absolute Gasteiger partial charge is 0.383 e. The summed E-state index contributed by atoms with van der Waals surface area (Å²) < 4.78 is 5.06. The third kappa shape index (κ3) is 5.48. The Balaban J connectivity index is 2.15. The van der Waals surface area contributed by atoms with Gasteiger partial charge in [-0.25, -0.2) is 0 Å². The molecule has 0 bridgehead atoms. The first-order valence-electron chi connectivity index (χ1n) is 6.41. The number of hydrogen-bond acceptors (Lipinski definition) is 4. The van der Waals surface area contributed by atoms with Crippen molar-refractivity contribution in [3.8, 4) is 0 Å². The molecule has 0 radical (unpaired) electrons. The lowest BCUT2D eigenvalue weighted by atomic mass is 10.2. The number of piperazine rings is 1. The van der Waals surface area contributed by atoms with Gasteiger partial charge in [-0.3, -0.25) is 9.69 Å². The topological polar surface area (TPSA) is 44.8 Å². The number of rotatable bonds is 7. The van der Waals surface area contributed by atoms with Crippen LogP contribution >= 0.6 is 0 Å². The maximum atomic E-state index is 11.8. The van der Waals surface area contributed by atoms with Crippen LogP contribution in [0.5, 0.6) is 0 Å². The first-order chi connectivity index (χ1) is 8.27. The number of methoxy groups -OCH3 is 1. The second-order valence-corrected chi connectivity index (χ2v) is 4.42. The molecule has 0 aromatic heterocycles. The van der Waals surface area contributed by atoms with Gasteiger partial charge in [0.15, 0.2) is 0 Å². The van der Waals surface area contributed by atoms with Crippen molar-refractivity contribution in [2.24, 2.45) is 0 Å². The zero-order chi connectivity index (χ0) is 12.5. The van der Waals surface area contributed by atoms with Gasteiger partial charge in [0.05, 0.1) is 6.61 Å². The van der Waals surface area contributed by atoms with Gasteiger partial charge in [0.1, 0.15) is 0 Å². The highest BCUT2D eigenvalue weighted by molar-refractivity contribution is 5.76. The van der Waals surface area contributed by atoms with Crippen molar-refractivity contribution in [2.75, 3.05) is 60.0 Å². The fraction of sp³-hybridized carbons (Fsp3) is 0.917. The van der Waals surface area contributed by atoms with E-state index in [1.807, 2.05) is 11.9 Å². The minimum atomic E-state index is 0.298. The van der Waals surface area contributed by atoms with Crippen LogP contribution in [-0.4, -0.2) is 75.7 Å². The molecule has 1 rings (SSSR count). The van der Waals surface area contributed by atoms with Crippen molar-refractivity contribution in [3.63, 3.8) is 0 Å². The van der Waals surface area contributed by atoms with E-state index < -0.39 is 0 Å². The third-order valence-electron chi connectivity index (χ3n) is 3.15. The van der Waals surface area contributed by atoms with Gasteiger partial charge in [-0.1, -0.05) is 0 Å². The van der Waals surface area contributed by atoms with Crippen LogP contribution in [0.2, 0.25) is 0 Å². The number of nitrogens with zero attached hydrogens (tertiary/aromatic N) is 2. The fourth-order valence-corrected chi connectivity index (χ4v) is 2.02. The Morgan fingerprint density at radius 2 is 2.00 bits per heavy atom. The van der Waals surface area contributed by atoms with Gasteiger partial charge in [-0.2, -0.15) is 0 Å². The van der Waals surface area contributed by atoms with Gasteiger partial charge in [0.25, 0.3) is 0 Å². The van der Waals surface area contributed by atoms with Crippen molar-refractivity contribution < 1.29 is 9.53 Å². The van der Waals surface area contributed by atoms with Crippen LogP contribution < -0.4 is 5.32 Å². The quantitative estimate of drug-likeness (QED) is 0.628. The van der Waals surface area contributed by atoms with E-state index in [1.54, 1.807) is 7.11 Å².